The largest absolute Gasteiger partial charge is 0.388 e. The Labute approximate surface area is 97.7 Å². The number of nitro groups is 1. The van der Waals surface area contributed by atoms with E-state index in [1.165, 1.54) is 12.1 Å². The zero-order chi connectivity index (χ0) is 12.4. The third-order valence-corrected chi connectivity index (χ3v) is 2.61. The fourth-order valence-electron chi connectivity index (χ4n) is 1.88. The van der Waals surface area contributed by atoms with Crippen LogP contribution >= 0.6 is 0 Å². The van der Waals surface area contributed by atoms with E-state index in [9.17, 15) is 15.2 Å². The standard InChI is InChI=1S/C11H13N3O3/c1-2-5-13-10-4-3-8(14(16)17)6-9(10)12-11(13)7-15/h3-4,6,15H,2,5,7H2,1H3. The van der Waals surface area contributed by atoms with E-state index in [4.69, 9.17) is 0 Å². The van der Waals surface area contributed by atoms with E-state index in [2.05, 4.69) is 4.98 Å². The molecule has 2 rings (SSSR count). The van der Waals surface area contributed by atoms with Crippen molar-refractivity contribution in [2.75, 3.05) is 0 Å². The summed E-state index contributed by atoms with van der Waals surface area (Å²) in [6, 6.07) is 4.56. The highest BCUT2D eigenvalue weighted by atomic mass is 16.6. The lowest BCUT2D eigenvalue weighted by Crippen LogP contribution is -2.02. The zero-order valence-corrected chi connectivity index (χ0v) is 9.46. The molecule has 0 unspecified atom stereocenters. The topological polar surface area (TPSA) is 81.2 Å². The lowest BCUT2D eigenvalue weighted by Gasteiger charge is -2.04. The average Bonchev–Trinajstić information content (AvgIpc) is 2.67. The van der Waals surface area contributed by atoms with E-state index in [-0.39, 0.29) is 12.3 Å². The molecule has 0 aliphatic carbocycles. The van der Waals surface area contributed by atoms with Crippen molar-refractivity contribution in [1.29, 1.82) is 0 Å². The second kappa shape index (κ2) is 4.50. The van der Waals surface area contributed by atoms with Gasteiger partial charge in [-0.05, 0) is 12.5 Å². The summed E-state index contributed by atoms with van der Waals surface area (Å²) < 4.78 is 1.89. The van der Waals surface area contributed by atoms with Crippen LogP contribution in [-0.2, 0) is 13.2 Å². The fraction of sp³-hybridized carbons (Fsp3) is 0.364. The molecule has 1 aromatic heterocycles. The van der Waals surface area contributed by atoms with Crippen LogP contribution in [-0.4, -0.2) is 19.6 Å². The van der Waals surface area contributed by atoms with Crippen LogP contribution < -0.4 is 0 Å². The van der Waals surface area contributed by atoms with Crippen LogP contribution in [0, 0.1) is 10.1 Å². The molecule has 17 heavy (non-hydrogen) atoms. The summed E-state index contributed by atoms with van der Waals surface area (Å²) in [5.74, 6) is 0.544. The van der Waals surface area contributed by atoms with E-state index < -0.39 is 4.92 Å². The monoisotopic (exact) mass is 235 g/mol. The highest BCUT2D eigenvalue weighted by Gasteiger charge is 2.13. The van der Waals surface area contributed by atoms with Crippen molar-refractivity contribution in [3.63, 3.8) is 0 Å². The normalized spacial score (nSPS) is 10.9. The molecule has 1 aromatic carbocycles. The van der Waals surface area contributed by atoms with Crippen LogP contribution in [0.1, 0.15) is 19.2 Å². The molecule has 0 radical (unpaired) electrons. The number of aryl methyl sites for hydroxylation is 1. The summed E-state index contributed by atoms with van der Waals surface area (Å²) in [6.45, 7) is 2.60. The number of imidazole rings is 1. The molecule has 1 N–H and O–H groups in total. The minimum absolute atomic E-state index is 0.0168. The Morgan fingerprint density at radius 2 is 2.29 bits per heavy atom. The number of rotatable bonds is 4. The number of aliphatic hydroxyl groups excluding tert-OH is 1. The van der Waals surface area contributed by atoms with E-state index in [0.29, 0.717) is 11.3 Å². The van der Waals surface area contributed by atoms with Gasteiger partial charge in [0.1, 0.15) is 12.4 Å². The molecule has 0 fully saturated rings. The Balaban J connectivity index is 2.61. The van der Waals surface area contributed by atoms with E-state index >= 15 is 0 Å². The van der Waals surface area contributed by atoms with Gasteiger partial charge in [0.25, 0.3) is 5.69 Å². The van der Waals surface area contributed by atoms with Crippen molar-refractivity contribution in [1.82, 2.24) is 9.55 Å². The van der Waals surface area contributed by atoms with Crippen LogP contribution in [0.5, 0.6) is 0 Å². The maximum absolute atomic E-state index is 10.7. The van der Waals surface area contributed by atoms with Crippen LogP contribution in [0.2, 0.25) is 0 Å². The van der Waals surface area contributed by atoms with Gasteiger partial charge in [0.05, 0.1) is 16.0 Å². The molecular formula is C11H13N3O3. The molecule has 2 aromatic rings. The van der Waals surface area contributed by atoms with Gasteiger partial charge in [-0.15, -0.1) is 0 Å². The molecule has 6 nitrogen and oxygen atoms in total. The first-order valence-corrected chi connectivity index (χ1v) is 5.41. The summed E-state index contributed by atoms with van der Waals surface area (Å²) in [4.78, 5) is 14.4. The van der Waals surface area contributed by atoms with Gasteiger partial charge < -0.3 is 9.67 Å². The first-order valence-electron chi connectivity index (χ1n) is 5.41. The number of nitro benzene ring substituents is 1. The number of benzene rings is 1. The smallest absolute Gasteiger partial charge is 0.271 e. The second-order valence-electron chi connectivity index (χ2n) is 3.77. The lowest BCUT2D eigenvalue weighted by molar-refractivity contribution is -0.384. The maximum Gasteiger partial charge on any atom is 0.271 e. The predicted molar refractivity (Wildman–Crippen MR) is 62.6 cm³/mol. The summed E-state index contributed by atoms with van der Waals surface area (Å²) in [6.07, 6.45) is 0.912. The van der Waals surface area contributed by atoms with Gasteiger partial charge >= 0.3 is 0 Å². The minimum Gasteiger partial charge on any atom is -0.388 e. The van der Waals surface area contributed by atoms with Gasteiger partial charge in [0.15, 0.2) is 0 Å². The highest BCUT2D eigenvalue weighted by Crippen LogP contribution is 2.22. The van der Waals surface area contributed by atoms with Crippen LogP contribution in [0.3, 0.4) is 0 Å². The van der Waals surface area contributed by atoms with Crippen LogP contribution in [0.25, 0.3) is 11.0 Å². The van der Waals surface area contributed by atoms with Gasteiger partial charge in [-0.1, -0.05) is 6.92 Å². The highest BCUT2D eigenvalue weighted by molar-refractivity contribution is 5.78. The van der Waals surface area contributed by atoms with Crippen molar-refractivity contribution >= 4 is 16.7 Å². The Kier molecular flexibility index (Phi) is 3.06. The number of aromatic nitrogens is 2. The molecule has 0 amide bonds. The molecule has 0 saturated carbocycles. The van der Waals surface area contributed by atoms with Gasteiger partial charge in [0.2, 0.25) is 0 Å². The molecule has 6 heteroatoms. The van der Waals surface area contributed by atoms with Crippen molar-refractivity contribution in [2.45, 2.75) is 26.5 Å². The minimum atomic E-state index is -0.448. The lowest BCUT2D eigenvalue weighted by atomic mass is 10.3. The molecule has 0 atom stereocenters. The first-order chi connectivity index (χ1) is 8.17. The molecule has 1 heterocycles. The van der Waals surface area contributed by atoms with Gasteiger partial charge in [-0.3, -0.25) is 10.1 Å². The second-order valence-corrected chi connectivity index (χ2v) is 3.77. The van der Waals surface area contributed by atoms with Gasteiger partial charge in [0, 0.05) is 18.7 Å². The quantitative estimate of drug-likeness (QED) is 0.647. The Bertz CT molecular complexity index is 562. The molecule has 0 aliphatic rings. The van der Waals surface area contributed by atoms with Crippen molar-refractivity contribution in [3.05, 3.63) is 34.1 Å². The maximum atomic E-state index is 10.7. The summed E-state index contributed by atoms with van der Waals surface area (Å²) >= 11 is 0. The third-order valence-electron chi connectivity index (χ3n) is 2.61. The molecule has 0 spiro atoms. The third kappa shape index (κ3) is 1.99. The molecular weight excluding hydrogens is 222 g/mol. The number of aliphatic hydroxyl groups is 1. The van der Waals surface area contributed by atoms with Gasteiger partial charge in [-0.2, -0.15) is 0 Å². The van der Waals surface area contributed by atoms with Gasteiger partial charge in [-0.25, -0.2) is 4.98 Å². The SMILES string of the molecule is CCCn1c(CO)nc2cc([N+](=O)[O-])ccc21. The first kappa shape index (κ1) is 11.5. The molecule has 0 bridgehead atoms. The molecule has 0 aliphatic heterocycles. The average molecular weight is 235 g/mol. The Hall–Kier alpha value is -1.95. The summed E-state index contributed by atoms with van der Waals surface area (Å²) in [7, 11) is 0. The van der Waals surface area contributed by atoms with E-state index in [1.807, 2.05) is 11.5 Å². The number of fused-ring (bicyclic) bond motifs is 1. The number of nitrogens with zero attached hydrogens (tertiary/aromatic N) is 3. The van der Waals surface area contributed by atoms with E-state index in [0.717, 1.165) is 18.5 Å². The summed E-state index contributed by atoms with van der Waals surface area (Å²) in [5.41, 5.74) is 1.39. The Morgan fingerprint density at radius 3 is 2.88 bits per heavy atom. The number of non-ortho nitro benzene ring substituents is 1. The Morgan fingerprint density at radius 1 is 1.53 bits per heavy atom. The van der Waals surface area contributed by atoms with Crippen LogP contribution in [0.4, 0.5) is 5.69 Å². The summed E-state index contributed by atoms with van der Waals surface area (Å²) in [5, 5.41) is 19.9. The number of hydrogen-bond donors (Lipinski definition) is 1. The molecule has 0 saturated heterocycles. The molecule has 90 valence electrons. The van der Waals surface area contributed by atoms with Crippen molar-refractivity contribution in [3.8, 4) is 0 Å². The zero-order valence-electron chi connectivity index (χ0n) is 9.46. The van der Waals surface area contributed by atoms with Crippen molar-refractivity contribution in [2.24, 2.45) is 0 Å². The van der Waals surface area contributed by atoms with Crippen LogP contribution in [0.15, 0.2) is 18.2 Å². The predicted octanol–water partition coefficient (Wildman–Crippen LogP) is 1.85. The number of hydrogen-bond acceptors (Lipinski definition) is 4. The van der Waals surface area contributed by atoms with E-state index in [1.54, 1.807) is 6.07 Å². The van der Waals surface area contributed by atoms with Crippen molar-refractivity contribution < 1.29 is 10.0 Å². The fourth-order valence-corrected chi connectivity index (χ4v) is 1.88.